The van der Waals surface area contributed by atoms with E-state index in [1.54, 1.807) is 0 Å². The zero-order valence-corrected chi connectivity index (χ0v) is 20.7. The molecule has 0 aliphatic carbocycles. The number of nitrogens with zero attached hydrogens (tertiary/aromatic N) is 1. The van der Waals surface area contributed by atoms with Crippen molar-refractivity contribution < 1.29 is 9.57 Å². The van der Waals surface area contributed by atoms with Gasteiger partial charge in [-0.3, -0.25) is 0 Å². The summed E-state index contributed by atoms with van der Waals surface area (Å²) >= 11 is 6.25. The average Bonchev–Trinajstić information content (AvgIpc) is 2.81. The Morgan fingerprint density at radius 1 is 0.970 bits per heavy atom. The summed E-state index contributed by atoms with van der Waals surface area (Å²) in [5.41, 5.74) is 6.37. The monoisotopic (exact) mass is 464 g/mol. The van der Waals surface area contributed by atoms with Crippen molar-refractivity contribution in [2.75, 3.05) is 6.54 Å². The van der Waals surface area contributed by atoms with Crippen LogP contribution in [0.5, 0.6) is 5.75 Å². The van der Waals surface area contributed by atoms with Crippen LogP contribution < -0.4 is 10.1 Å². The van der Waals surface area contributed by atoms with Crippen LogP contribution in [-0.2, 0) is 18.0 Å². The average molecular weight is 465 g/mol. The van der Waals surface area contributed by atoms with Crippen LogP contribution in [-0.4, -0.2) is 12.3 Å². The Hall–Kier alpha value is -2.82. The van der Waals surface area contributed by atoms with Gasteiger partial charge < -0.3 is 14.9 Å². The van der Waals surface area contributed by atoms with Crippen molar-refractivity contribution in [3.8, 4) is 5.75 Å². The predicted molar refractivity (Wildman–Crippen MR) is 137 cm³/mol. The maximum Gasteiger partial charge on any atom is 0.165 e. The molecule has 0 saturated carbocycles. The van der Waals surface area contributed by atoms with Gasteiger partial charge in [-0.2, -0.15) is 0 Å². The Morgan fingerprint density at radius 2 is 1.73 bits per heavy atom. The molecule has 1 unspecified atom stereocenters. The van der Waals surface area contributed by atoms with Gasteiger partial charge >= 0.3 is 0 Å². The van der Waals surface area contributed by atoms with E-state index in [1.165, 1.54) is 16.7 Å². The lowest BCUT2D eigenvalue weighted by Crippen LogP contribution is -2.17. The quantitative estimate of drug-likeness (QED) is 0.186. The minimum Gasteiger partial charge on any atom is -0.480 e. The molecule has 0 aliphatic heterocycles. The first-order valence-electron chi connectivity index (χ1n) is 11.4. The number of ether oxygens (including phenoxy) is 1. The summed E-state index contributed by atoms with van der Waals surface area (Å²) in [6, 6.07) is 22.1. The van der Waals surface area contributed by atoms with Crippen molar-refractivity contribution in [1.29, 1.82) is 0 Å². The van der Waals surface area contributed by atoms with E-state index in [9.17, 15) is 0 Å². The smallest absolute Gasteiger partial charge is 0.165 e. The van der Waals surface area contributed by atoms with E-state index in [4.69, 9.17) is 21.2 Å². The zero-order valence-electron chi connectivity index (χ0n) is 19.9. The van der Waals surface area contributed by atoms with Gasteiger partial charge in [0.25, 0.3) is 0 Å². The van der Waals surface area contributed by atoms with Crippen LogP contribution in [0.3, 0.4) is 0 Å². The second kappa shape index (κ2) is 12.4. The number of oxime groups is 1. The normalized spacial score (nSPS) is 12.5. The van der Waals surface area contributed by atoms with Crippen LogP contribution in [0.1, 0.15) is 54.2 Å². The Balaban J connectivity index is 1.69. The lowest BCUT2D eigenvalue weighted by atomic mass is 10.1. The van der Waals surface area contributed by atoms with E-state index in [2.05, 4.69) is 61.6 Å². The molecule has 4 nitrogen and oxygen atoms in total. The van der Waals surface area contributed by atoms with Crippen LogP contribution >= 0.6 is 11.6 Å². The van der Waals surface area contributed by atoms with Crippen LogP contribution in [0, 0.1) is 13.8 Å². The molecule has 33 heavy (non-hydrogen) atoms. The molecule has 0 saturated heterocycles. The highest BCUT2D eigenvalue weighted by Crippen LogP contribution is 2.27. The molecular formula is C28H33ClN2O2. The summed E-state index contributed by atoms with van der Waals surface area (Å²) in [5, 5.41) is 8.45. The van der Waals surface area contributed by atoms with Crippen LogP contribution in [0.4, 0.5) is 0 Å². The number of aryl methyl sites for hydroxylation is 2. The molecule has 1 N–H and O–H groups in total. The Morgan fingerprint density at radius 3 is 2.42 bits per heavy atom. The van der Waals surface area contributed by atoms with Crippen molar-refractivity contribution >= 4 is 17.3 Å². The number of halogens is 1. The summed E-state index contributed by atoms with van der Waals surface area (Å²) in [6.07, 6.45) is 0.727. The third-order valence-electron chi connectivity index (χ3n) is 5.48. The number of hydrogen-bond donors (Lipinski definition) is 1. The van der Waals surface area contributed by atoms with E-state index in [-0.39, 0.29) is 0 Å². The van der Waals surface area contributed by atoms with Gasteiger partial charge in [-0.1, -0.05) is 66.1 Å². The van der Waals surface area contributed by atoms with E-state index >= 15 is 0 Å². The zero-order chi connectivity index (χ0) is 23.6. The lowest BCUT2D eigenvalue weighted by Gasteiger charge is -2.20. The number of hydrogen-bond acceptors (Lipinski definition) is 4. The van der Waals surface area contributed by atoms with Gasteiger partial charge in [-0.05, 0) is 85.8 Å². The Kier molecular flexibility index (Phi) is 9.35. The van der Waals surface area contributed by atoms with Crippen LogP contribution in [0.2, 0.25) is 5.02 Å². The fraction of sp³-hybridized carbons (Fsp3) is 0.321. The second-order valence-electron chi connectivity index (χ2n) is 8.30. The van der Waals surface area contributed by atoms with E-state index in [0.29, 0.717) is 11.6 Å². The Bertz CT molecular complexity index is 1060. The van der Waals surface area contributed by atoms with Gasteiger partial charge in [0, 0.05) is 11.6 Å². The topological polar surface area (TPSA) is 42.8 Å². The molecule has 3 rings (SSSR count). The minimum absolute atomic E-state index is 0.395. The first kappa shape index (κ1) is 24.8. The molecule has 0 spiro atoms. The highest BCUT2D eigenvalue weighted by atomic mass is 35.5. The van der Waals surface area contributed by atoms with Crippen molar-refractivity contribution in [2.24, 2.45) is 5.16 Å². The van der Waals surface area contributed by atoms with Crippen molar-refractivity contribution in [2.45, 2.75) is 53.4 Å². The molecule has 3 aromatic carbocycles. The molecule has 0 bridgehead atoms. The first-order valence-corrected chi connectivity index (χ1v) is 11.8. The highest BCUT2D eigenvalue weighted by Gasteiger charge is 2.19. The van der Waals surface area contributed by atoms with E-state index in [0.717, 1.165) is 42.1 Å². The number of benzene rings is 3. The second-order valence-corrected chi connectivity index (χ2v) is 8.73. The molecule has 0 amide bonds. The molecule has 1 atom stereocenters. The molecule has 0 fully saturated rings. The predicted octanol–water partition coefficient (Wildman–Crippen LogP) is 7.17. The third-order valence-corrected chi connectivity index (χ3v) is 5.72. The third kappa shape index (κ3) is 7.62. The summed E-state index contributed by atoms with van der Waals surface area (Å²) in [6.45, 7) is 10.5. The van der Waals surface area contributed by atoms with Gasteiger partial charge in [-0.25, -0.2) is 0 Å². The summed E-state index contributed by atoms with van der Waals surface area (Å²) in [4.78, 5) is 5.69. The molecule has 0 heterocycles. The minimum atomic E-state index is -0.405. The van der Waals surface area contributed by atoms with Gasteiger partial charge in [0.2, 0.25) is 0 Å². The fourth-order valence-corrected chi connectivity index (χ4v) is 3.61. The molecule has 3 aromatic rings. The van der Waals surface area contributed by atoms with Gasteiger partial charge in [-0.15, -0.1) is 0 Å². The molecule has 174 valence electrons. The number of nitrogens with one attached hydrogen (secondary N) is 1. The fourth-order valence-electron chi connectivity index (χ4n) is 3.41. The SMILES string of the molecule is CCCNCc1ccc(CO/N=C(\C)C(Oc2ccc(C)c(C)c2)c2cccc(Cl)c2)cc1. The standard InChI is InChI=1S/C28H33ClN2O2/c1-5-15-30-18-23-10-12-24(13-11-23)19-32-31-22(4)28(25-7-6-8-26(29)17-25)33-27-14-9-20(2)21(3)16-27/h6-14,16-17,28,30H,5,15,18-19H2,1-4H3/b31-22+. The Labute approximate surface area is 202 Å². The summed E-state index contributed by atoms with van der Waals surface area (Å²) in [7, 11) is 0. The highest BCUT2D eigenvalue weighted by molar-refractivity contribution is 6.30. The molecule has 0 radical (unpaired) electrons. The van der Waals surface area contributed by atoms with E-state index < -0.39 is 6.10 Å². The largest absolute Gasteiger partial charge is 0.480 e. The maximum absolute atomic E-state index is 6.34. The van der Waals surface area contributed by atoms with Crippen LogP contribution in [0.15, 0.2) is 71.9 Å². The van der Waals surface area contributed by atoms with Crippen molar-refractivity contribution in [3.05, 3.63) is 99.6 Å². The van der Waals surface area contributed by atoms with Gasteiger partial charge in [0.05, 0.1) is 5.71 Å². The summed E-state index contributed by atoms with van der Waals surface area (Å²) in [5.74, 6) is 0.782. The first-order chi connectivity index (χ1) is 16.0. The van der Waals surface area contributed by atoms with Crippen molar-refractivity contribution in [1.82, 2.24) is 5.32 Å². The lowest BCUT2D eigenvalue weighted by molar-refractivity contribution is 0.125. The molecule has 0 aromatic heterocycles. The van der Waals surface area contributed by atoms with Crippen LogP contribution in [0.25, 0.3) is 0 Å². The van der Waals surface area contributed by atoms with E-state index in [1.807, 2.05) is 43.3 Å². The molecule has 0 aliphatic rings. The van der Waals surface area contributed by atoms with Gasteiger partial charge in [0.15, 0.2) is 6.10 Å². The van der Waals surface area contributed by atoms with Gasteiger partial charge in [0.1, 0.15) is 12.4 Å². The number of rotatable bonds is 11. The molecule has 5 heteroatoms. The molecular weight excluding hydrogens is 432 g/mol. The maximum atomic E-state index is 6.34. The summed E-state index contributed by atoms with van der Waals surface area (Å²) < 4.78 is 6.34. The van der Waals surface area contributed by atoms with Crippen molar-refractivity contribution in [3.63, 3.8) is 0 Å².